The molecule has 1 atom stereocenters. The lowest BCUT2D eigenvalue weighted by Crippen LogP contribution is -2.40. The molecule has 0 radical (unpaired) electrons. The van der Waals surface area contributed by atoms with Gasteiger partial charge in [0.25, 0.3) is 6.23 Å². The number of likely N-dealkylation sites (N-methyl/N-ethyl adjacent to an activating group) is 1. The number of esters is 2. The lowest BCUT2D eigenvalue weighted by atomic mass is 9.94. The number of ether oxygens (including phenoxy) is 2. The van der Waals surface area contributed by atoms with E-state index in [9.17, 15) is 23.6 Å². The Kier molecular flexibility index (Phi) is 8.70. The highest BCUT2D eigenvalue weighted by molar-refractivity contribution is 6.32. The maximum atomic E-state index is 13.9. The molecule has 1 aliphatic heterocycles. The fourth-order valence-electron chi connectivity index (χ4n) is 4.11. The van der Waals surface area contributed by atoms with Crippen molar-refractivity contribution < 1.29 is 33.0 Å². The van der Waals surface area contributed by atoms with Crippen LogP contribution in [0, 0.1) is 5.82 Å². The Morgan fingerprint density at radius 3 is 2.02 bits per heavy atom. The Labute approximate surface area is 230 Å². The normalized spacial score (nSPS) is 12.6. The highest BCUT2D eigenvalue weighted by Crippen LogP contribution is 2.32. The number of benzene rings is 3. The number of halogens is 1. The van der Waals surface area contributed by atoms with Gasteiger partial charge in [-0.05, 0) is 50.0 Å². The van der Waals surface area contributed by atoms with Gasteiger partial charge in [-0.1, -0.05) is 42.5 Å². The van der Waals surface area contributed by atoms with Crippen molar-refractivity contribution in [2.45, 2.75) is 19.6 Å². The van der Waals surface area contributed by atoms with Crippen molar-refractivity contribution in [2.24, 2.45) is 0 Å². The molecule has 2 N–H and O–H groups in total. The minimum Gasteiger partial charge on any atom is -0.462 e. The Balaban J connectivity index is 1.57. The summed E-state index contributed by atoms with van der Waals surface area (Å²) in [6.07, 6.45) is -0.914. The summed E-state index contributed by atoms with van der Waals surface area (Å²) in [6, 6.07) is 19.0. The fraction of sp³-hybridized carbons (Fsp3) is 0.200. The molecular weight excluding hydrogens is 517 g/mol. The highest BCUT2D eigenvalue weighted by Gasteiger charge is 2.30. The fourth-order valence-corrected chi connectivity index (χ4v) is 4.11. The summed E-state index contributed by atoms with van der Waals surface area (Å²) in [7, 11) is 3.15. The monoisotopic (exact) mass is 545 g/mol. The zero-order valence-electron chi connectivity index (χ0n) is 22.2. The van der Waals surface area contributed by atoms with Crippen LogP contribution < -0.4 is 10.6 Å². The third kappa shape index (κ3) is 6.59. The van der Waals surface area contributed by atoms with Crippen molar-refractivity contribution in [2.75, 3.05) is 31.3 Å². The molecule has 1 unspecified atom stereocenters. The van der Waals surface area contributed by atoms with Crippen LogP contribution in [-0.2, 0) is 25.5 Å². The molecule has 0 bridgehead atoms. The van der Waals surface area contributed by atoms with Crippen molar-refractivity contribution in [3.63, 3.8) is 0 Å². The number of rotatable bonds is 10. The quantitative estimate of drug-likeness (QED) is 0.0967. The van der Waals surface area contributed by atoms with Crippen LogP contribution in [0.1, 0.15) is 33.2 Å². The van der Waals surface area contributed by atoms with E-state index in [-0.39, 0.29) is 35.5 Å². The number of hydrogen-bond donors (Lipinski definition) is 2. The Hall–Kier alpha value is -4.83. The first kappa shape index (κ1) is 28.2. The molecule has 0 aliphatic carbocycles. The van der Waals surface area contributed by atoms with Crippen LogP contribution in [0.25, 0.3) is 0 Å². The number of hydrogen-bond acceptors (Lipinski definition) is 9. The van der Waals surface area contributed by atoms with Gasteiger partial charge in [0.2, 0.25) is 11.6 Å². The van der Waals surface area contributed by atoms with E-state index in [1.807, 2.05) is 12.1 Å². The topological polar surface area (TPSA) is 114 Å². The number of Topliss-reactive ketones (excluding diaryl/α,β-unsaturated/α-hetero) is 2. The second-order valence-corrected chi connectivity index (χ2v) is 9.26. The first-order chi connectivity index (χ1) is 19.1. The van der Waals surface area contributed by atoms with Gasteiger partial charge in [0.15, 0.2) is 0 Å². The van der Waals surface area contributed by atoms with E-state index >= 15 is 0 Å². The third-order valence-corrected chi connectivity index (χ3v) is 6.01. The lowest BCUT2D eigenvalue weighted by molar-refractivity contribution is -0.177. The van der Waals surface area contributed by atoms with Crippen LogP contribution in [0.5, 0.6) is 0 Å². The second kappa shape index (κ2) is 12.4. The number of para-hydroxylation sites is 2. The van der Waals surface area contributed by atoms with E-state index in [0.29, 0.717) is 16.9 Å². The summed E-state index contributed by atoms with van der Waals surface area (Å²) < 4.78 is 24.2. The van der Waals surface area contributed by atoms with Gasteiger partial charge in [0, 0.05) is 24.5 Å². The summed E-state index contributed by atoms with van der Waals surface area (Å²) in [5.41, 5.74) is 2.13. The molecule has 4 rings (SSSR count). The van der Waals surface area contributed by atoms with E-state index in [4.69, 9.17) is 9.47 Å². The summed E-state index contributed by atoms with van der Waals surface area (Å²) in [4.78, 5) is 52.4. The van der Waals surface area contributed by atoms with Crippen molar-refractivity contribution in [3.8, 4) is 0 Å². The third-order valence-electron chi connectivity index (χ3n) is 6.01. The van der Waals surface area contributed by atoms with Crippen molar-refractivity contribution in [1.29, 1.82) is 0 Å². The Bertz CT molecular complexity index is 1470. The van der Waals surface area contributed by atoms with E-state index in [2.05, 4.69) is 10.6 Å². The van der Waals surface area contributed by atoms with Crippen molar-refractivity contribution in [3.05, 3.63) is 107 Å². The number of nitrogens with one attached hydrogen (secondary N) is 2. The summed E-state index contributed by atoms with van der Waals surface area (Å²) in [5.74, 6) is -2.96. The molecule has 0 aromatic heterocycles. The molecule has 3 aromatic carbocycles. The Morgan fingerprint density at radius 2 is 1.45 bits per heavy atom. The van der Waals surface area contributed by atoms with E-state index in [1.54, 1.807) is 50.5 Å². The summed E-state index contributed by atoms with van der Waals surface area (Å²) in [5, 5.41) is 6.16. The molecule has 0 spiro atoms. The van der Waals surface area contributed by atoms with Gasteiger partial charge < -0.3 is 20.1 Å². The van der Waals surface area contributed by atoms with Crippen LogP contribution in [0.15, 0.2) is 84.2 Å². The molecule has 0 amide bonds. The predicted molar refractivity (Wildman–Crippen MR) is 146 cm³/mol. The smallest absolute Gasteiger partial charge is 0.363 e. The number of anilines is 2. The average Bonchev–Trinajstić information content (AvgIpc) is 3.35. The van der Waals surface area contributed by atoms with Gasteiger partial charge >= 0.3 is 11.9 Å². The van der Waals surface area contributed by atoms with Gasteiger partial charge in [-0.3, -0.25) is 19.3 Å². The first-order valence-corrected chi connectivity index (χ1v) is 12.5. The molecule has 1 heterocycles. The zero-order chi connectivity index (χ0) is 28.8. The van der Waals surface area contributed by atoms with E-state index in [0.717, 1.165) is 6.07 Å². The minimum atomic E-state index is -1.18. The minimum absolute atomic E-state index is 0.0294. The number of nitrogens with zero attached hydrogens (tertiary/aromatic N) is 1. The predicted octanol–water partition coefficient (Wildman–Crippen LogP) is 4.18. The number of allylic oxidation sites excluding steroid dienone is 1. The molecule has 0 saturated carbocycles. The van der Waals surface area contributed by atoms with Crippen LogP contribution in [0.3, 0.4) is 0 Å². The summed E-state index contributed by atoms with van der Waals surface area (Å²) >= 11 is 0. The van der Waals surface area contributed by atoms with Gasteiger partial charge in [-0.25, -0.2) is 9.18 Å². The molecule has 10 heteroatoms. The van der Waals surface area contributed by atoms with Crippen LogP contribution in [0.2, 0.25) is 0 Å². The number of ketones is 2. The first-order valence-electron chi connectivity index (χ1n) is 12.5. The number of carbonyl (C=O) groups excluding carboxylic acids is 4. The van der Waals surface area contributed by atoms with Crippen LogP contribution >= 0.6 is 0 Å². The molecular formula is C30H28FN3O6. The van der Waals surface area contributed by atoms with E-state index in [1.165, 1.54) is 30.0 Å². The number of carbonyl (C=O) groups is 4. The molecule has 206 valence electrons. The highest BCUT2D eigenvalue weighted by atomic mass is 19.1. The molecule has 0 fully saturated rings. The summed E-state index contributed by atoms with van der Waals surface area (Å²) in [6.45, 7) is 1.17. The maximum absolute atomic E-state index is 13.9. The van der Waals surface area contributed by atoms with E-state index < -0.39 is 35.6 Å². The van der Waals surface area contributed by atoms with Gasteiger partial charge in [-0.15, -0.1) is 0 Å². The number of fused-ring (bicyclic) bond motifs is 1. The Morgan fingerprint density at radius 1 is 0.850 bits per heavy atom. The lowest BCUT2D eigenvalue weighted by Gasteiger charge is -2.21. The standard InChI is InChI=1S/C30H28FN3O6/c1-18(35)40-29(34(2)3)30(38)39-15-14-19-8-6-9-20(16-19)26(36)25(27(37)21-10-7-11-22(31)17-21)28-32-23-12-4-5-13-24(23)33-28/h4-13,16-17,29,32-33H,14-15H2,1-3H3. The molecule has 1 aliphatic rings. The van der Waals surface area contributed by atoms with Gasteiger partial charge in [0.1, 0.15) is 17.2 Å². The molecule has 3 aromatic rings. The van der Waals surface area contributed by atoms with Crippen LogP contribution in [-0.4, -0.2) is 55.3 Å². The van der Waals surface area contributed by atoms with Gasteiger partial charge in [-0.2, -0.15) is 0 Å². The van der Waals surface area contributed by atoms with Gasteiger partial charge in [0.05, 0.1) is 18.0 Å². The zero-order valence-corrected chi connectivity index (χ0v) is 22.2. The van der Waals surface area contributed by atoms with Crippen molar-refractivity contribution in [1.82, 2.24) is 4.90 Å². The van der Waals surface area contributed by atoms with Crippen molar-refractivity contribution >= 4 is 34.9 Å². The SMILES string of the molecule is CC(=O)OC(C(=O)OCCc1cccc(C(=O)C(C(=O)c2cccc(F)c2)=C2Nc3ccccc3N2)c1)N(C)C. The maximum Gasteiger partial charge on any atom is 0.363 e. The molecule has 9 nitrogen and oxygen atoms in total. The second-order valence-electron chi connectivity index (χ2n) is 9.26. The largest absolute Gasteiger partial charge is 0.462 e. The average molecular weight is 546 g/mol. The molecule has 40 heavy (non-hydrogen) atoms. The van der Waals surface area contributed by atoms with Crippen LogP contribution in [0.4, 0.5) is 15.8 Å². The molecule has 0 saturated heterocycles.